The van der Waals surface area contributed by atoms with Crippen molar-refractivity contribution in [2.24, 2.45) is 0 Å². The number of hydrogen-bond acceptors (Lipinski definition) is 5. The van der Waals surface area contributed by atoms with Gasteiger partial charge in [0.2, 0.25) is 10.0 Å². The number of carbonyl (C=O) groups is 1. The van der Waals surface area contributed by atoms with Crippen molar-refractivity contribution in [2.45, 2.75) is 37.0 Å². The van der Waals surface area contributed by atoms with Crippen molar-refractivity contribution in [3.8, 4) is 0 Å². The maximum absolute atomic E-state index is 13.1. The number of hydrogen-bond donors (Lipinski definition) is 1. The van der Waals surface area contributed by atoms with Crippen LogP contribution in [0.4, 0.5) is 11.5 Å². The molecule has 1 N–H and O–H groups in total. The summed E-state index contributed by atoms with van der Waals surface area (Å²) in [4.78, 5) is 19.5. The lowest BCUT2D eigenvalue weighted by Gasteiger charge is -2.27. The lowest BCUT2D eigenvalue weighted by molar-refractivity contribution is 0.102. The number of piperidine rings is 1. The maximum Gasteiger partial charge on any atom is 0.258 e. The summed E-state index contributed by atoms with van der Waals surface area (Å²) in [6.45, 7) is 2.73. The topological polar surface area (TPSA) is 82.6 Å². The van der Waals surface area contributed by atoms with Crippen molar-refractivity contribution < 1.29 is 13.2 Å². The van der Waals surface area contributed by atoms with Crippen molar-refractivity contribution in [3.05, 3.63) is 47.1 Å². The first-order chi connectivity index (χ1) is 14.4. The van der Waals surface area contributed by atoms with Crippen LogP contribution in [-0.4, -0.2) is 49.8 Å². The summed E-state index contributed by atoms with van der Waals surface area (Å²) < 4.78 is 27.8. The molecule has 1 aromatic carbocycles. The van der Waals surface area contributed by atoms with Crippen molar-refractivity contribution in [1.82, 2.24) is 9.29 Å². The molecular weight excluding hydrogens is 424 g/mol. The Labute approximate surface area is 182 Å². The highest BCUT2D eigenvalue weighted by Crippen LogP contribution is 2.30. The Morgan fingerprint density at radius 3 is 2.33 bits per heavy atom. The van der Waals surface area contributed by atoms with E-state index in [0.29, 0.717) is 29.5 Å². The highest BCUT2D eigenvalue weighted by molar-refractivity contribution is 7.89. The van der Waals surface area contributed by atoms with Crippen LogP contribution < -0.4 is 10.2 Å². The van der Waals surface area contributed by atoms with Crippen molar-refractivity contribution in [3.63, 3.8) is 0 Å². The molecule has 0 unspecified atom stereocenters. The molecule has 7 nitrogen and oxygen atoms in total. The lowest BCUT2D eigenvalue weighted by Crippen LogP contribution is -2.35. The van der Waals surface area contributed by atoms with Crippen LogP contribution >= 0.6 is 11.6 Å². The molecule has 3 heterocycles. The second kappa shape index (κ2) is 8.91. The van der Waals surface area contributed by atoms with Crippen LogP contribution in [0, 0.1) is 0 Å². The number of pyridine rings is 1. The van der Waals surface area contributed by atoms with Crippen molar-refractivity contribution in [2.75, 3.05) is 36.4 Å². The van der Waals surface area contributed by atoms with Gasteiger partial charge < -0.3 is 10.2 Å². The fourth-order valence-electron chi connectivity index (χ4n) is 3.98. The summed E-state index contributed by atoms with van der Waals surface area (Å²) in [5.41, 5.74) is 1.09. The molecule has 2 fully saturated rings. The largest absolute Gasteiger partial charge is 0.371 e. The zero-order valence-corrected chi connectivity index (χ0v) is 18.3. The van der Waals surface area contributed by atoms with Crippen molar-refractivity contribution >= 4 is 39.0 Å². The minimum atomic E-state index is -3.64. The first-order valence-electron chi connectivity index (χ1n) is 10.3. The number of amides is 1. The number of nitrogens with one attached hydrogen (secondary N) is 1. The highest BCUT2D eigenvalue weighted by atomic mass is 35.5. The average Bonchev–Trinajstić information content (AvgIpc) is 3.30. The van der Waals surface area contributed by atoms with Gasteiger partial charge in [0.15, 0.2) is 0 Å². The Kier molecular flexibility index (Phi) is 6.26. The SMILES string of the molecule is O=C(Nc1ccc(Cl)cn1)c1cc(S(=O)(=O)N2CCCCC2)ccc1N1CCCC1. The summed E-state index contributed by atoms with van der Waals surface area (Å²) in [5.74, 6) is -0.0246. The minimum absolute atomic E-state index is 0.154. The molecule has 2 saturated heterocycles. The van der Waals surface area contributed by atoms with Gasteiger partial charge in [-0.2, -0.15) is 4.31 Å². The molecule has 2 aliphatic rings. The van der Waals surface area contributed by atoms with Crippen LogP contribution in [0.5, 0.6) is 0 Å². The van der Waals surface area contributed by atoms with Gasteiger partial charge in [-0.1, -0.05) is 18.0 Å². The third-order valence-corrected chi connectivity index (χ3v) is 7.70. The zero-order valence-electron chi connectivity index (χ0n) is 16.7. The third kappa shape index (κ3) is 4.45. The van der Waals surface area contributed by atoms with Gasteiger partial charge in [-0.25, -0.2) is 13.4 Å². The normalized spacial score (nSPS) is 17.8. The number of anilines is 2. The zero-order chi connectivity index (χ0) is 21.1. The standard InChI is InChI=1S/C21H25ClN4O3S/c22-16-6-9-20(23-15-16)24-21(27)18-14-17(7-8-19(18)25-10-4-5-11-25)30(28,29)26-12-2-1-3-13-26/h6-9,14-15H,1-5,10-13H2,(H,23,24,27). The Balaban J connectivity index is 1.68. The number of carbonyl (C=O) groups excluding carboxylic acids is 1. The number of aromatic nitrogens is 1. The molecule has 4 rings (SSSR count). The predicted octanol–water partition coefficient (Wildman–Crippen LogP) is 3.76. The minimum Gasteiger partial charge on any atom is -0.371 e. The molecule has 0 aliphatic carbocycles. The van der Waals surface area contributed by atoms with Gasteiger partial charge in [-0.15, -0.1) is 0 Å². The molecule has 160 valence electrons. The van der Waals surface area contributed by atoms with Crippen LogP contribution in [0.1, 0.15) is 42.5 Å². The van der Waals surface area contributed by atoms with Crippen LogP contribution in [0.2, 0.25) is 5.02 Å². The van der Waals surface area contributed by atoms with Gasteiger partial charge in [0.05, 0.1) is 15.5 Å². The molecule has 0 spiro atoms. The molecule has 0 atom stereocenters. The third-order valence-electron chi connectivity index (χ3n) is 5.58. The van der Waals surface area contributed by atoms with Gasteiger partial charge in [0.25, 0.3) is 5.91 Å². The molecule has 2 aliphatic heterocycles. The Morgan fingerprint density at radius 1 is 0.967 bits per heavy atom. The van der Waals surface area contributed by atoms with Crippen LogP contribution in [-0.2, 0) is 10.0 Å². The first kappa shape index (κ1) is 21.1. The molecule has 1 amide bonds. The van der Waals surface area contributed by atoms with Crippen LogP contribution in [0.15, 0.2) is 41.4 Å². The smallest absolute Gasteiger partial charge is 0.258 e. The lowest BCUT2D eigenvalue weighted by atomic mass is 10.1. The van der Waals surface area contributed by atoms with E-state index >= 15 is 0 Å². The summed E-state index contributed by atoms with van der Waals surface area (Å²) in [5, 5.41) is 3.24. The van der Waals surface area contributed by atoms with E-state index in [9.17, 15) is 13.2 Å². The summed E-state index contributed by atoms with van der Waals surface area (Å²) >= 11 is 5.87. The molecule has 9 heteroatoms. The van der Waals surface area contributed by atoms with E-state index in [2.05, 4.69) is 15.2 Å². The number of rotatable bonds is 5. The summed E-state index contributed by atoms with van der Waals surface area (Å²) in [6, 6.07) is 8.14. The number of benzene rings is 1. The molecule has 0 radical (unpaired) electrons. The Morgan fingerprint density at radius 2 is 1.67 bits per heavy atom. The van der Waals surface area contributed by atoms with Gasteiger partial charge in [0, 0.05) is 38.1 Å². The number of sulfonamides is 1. The van der Waals surface area contributed by atoms with Gasteiger partial charge >= 0.3 is 0 Å². The fourth-order valence-corrected chi connectivity index (χ4v) is 5.63. The molecular formula is C21H25ClN4O3S. The van der Waals surface area contributed by atoms with Crippen LogP contribution in [0.25, 0.3) is 0 Å². The van der Waals surface area contributed by atoms with Crippen molar-refractivity contribution in [1.29, 1.82) is 0 Å². The Bertz CT molecular complexity index is 1020. The molecule has 0 saturated carbocycles. The second-order valence-corrected chi connectivity index (χ2v) is 10.0. The van der Waals surface area contributed by atoms with E-state index in [0.717, 1.165) is 50.9 Å². The van der Waals surface area contributed by atoms with E-state index in [1.165, 1.54) is 16.6 Å². The van der Waals surface area contributed by atoms with E-state index in [1.807, 2.05) is 0 Å². The predicted molar refractivity (Wildman–Crippen MR) is 118 cm³/mol. The summed E-state index contributed by atoms with van der Waals surface area (Å²) in [6.07, 6.45) is 6.32. The Hall–Kier alpha value is -2.16. The first-order valence-corrected chi connectivity index (χ1v) is 12.1. The van der Waals surface area contributed by atoms with Gasteiger partial charge in [0.1, 0.15) is 5.82 Å². The second-order valence-electron chi connectivity index (χ2n) is 7.65. The molecule has 1 aromatic heterocycles. The quantitative estimate of drug-likeness (QED) is 0.752. The fraction of sp³-hybridized carbons (Fsp3) is 0.429. The van der Waals surface area contributed by atoms with E-state index < -0.39 is 10.0 Å². The van der Waals surface area contributed by atoms with Gasteiger partial charge in [-0.05, 0) is 56.0 Å². The monoisotopic (exact) mass is 448 g/mol. The molecule has 30 heavy (non-hydrogen) atoms. The average molecular weight is 449 g/mol. The van der Waals surface area contributed by atoms with Gasteiger partial charge in [-0.3, -0.25) is 4.79 Å². The highest BCUT2D eigenvalue weighted by Gasteiger charge is 2.28. The maximum atomic E-state index is 13.1. The summed E-state index contributed by atoms with van der Waals surface area (Å²) in [7, 11) is -3.64. The van der Waals surface area contributed by atoms with E-state index in [4.69, 9.17) is 11.6 Å². The number of nitrogens with zero attached hydrogens (tertiary/aromatic N) is 3. The van der Waals surface area contributed by atoms with E-state index in [-0.39, 0.29) is 10.8 Å². The van der Waals surface area contributed by atoms with E-state index in [1.54, 1.807) is 24.3 Å². The number of halogens is 1. The molecule has 0 bridgehead atoms. The molecule has 2 aromatic rings. The van der Waals surface area contributed by atoms with Crippen LogP contribution in [0.3, 0.4) is 0 Å².